The van der Waals surface area contributed by atoms with E-state index in [1.165, 1.54) is 32.2 Å². The lowest BCUT2D eigenvalue weighted by atomic mass is 9.85. The third-order valence-electron chi connectivity index (χ3n) is 4.40. The number of allylic oxidation sites excluding steroid dienone is 3. The molecule has 1 nitrogen and oxygen atoms in total. The molecule has 1 heteroatoms. The smallest absolute Gasteiger partial charge is 0.00157 e. The molecular weight excluding hydrogens is 218 g/mol. The van der Waals surface area contributed by atoms with Crippen LogP contribution in [0.3, 0.4) is 0 Å². The van der Waals surface area contributed by atoms with E-state index in [9.17, 15) is 0 Å². The van der Waals surface area contributed by atoms with Gasteiger partial charge in [0.2, 0.25) is 0 Å². The van der Waals surface area contributed by atoms with E-state index >= 15 is 0 Å². The summed E-state index contributed by atoms with van der Waals surface area (Å²) in [6.07, 6.45) is 7.44. The summed E-state index contributed by atoms with van der Waals surface area (Å²) in [6, 6.07) is 0. The quantitative estimate of drug-likeness (QED) is 0.634. The summed E-state index contributed by atoms with van der Waals surface area (Å²) >= 11 is 0. The van der Waals surface area contributed by atoms with Gasteiger partial charge < -0.3 is 4.90 Å². The minimum atomic E-state index is 0.727. The second-order valence-corrected chi connectivity index (χ2v) is 6.04. The Labute approximate surface area is 114 Å². The highest BCUT2D eigenvalue weighted by Crippen LogP contribution is 2.39. The van der Waals surface area contributed by atoms with Gasteiger partial charge in [0.1, 0.15) is 0 Å². The summed E-state index contributed by atoms with van der Waals surface area (Å²) in [6.45, 7) is 10.6. The van der Waals surface area contributed by atoms with Crippen LogP contribution in [0.25, 0.3) is 0 Å². The number of nitrogens with zero attached hydrogens (tertiary/aromatic N) is 1. The molecule has 0 fully saturated rings. The Bertz CT molecular complexity index is 323. The molecule has 0 N–H and O–H groups in total. The van der Waals surface area contributed by atoms with E-state index in [-0.39, 0.29) is 0 Å². The highest BCUT2D eigenvalue weighted by molar-refractivity contribution is 5.44. The van der Waals surface area contributed by atoms with Gasteiger partial charge in [0.05, 0.1) is 0 Å². The molecule has 0 aliphatic heterocycles. The molecule has 0 saturated carbocycles. The van der Waals surface area contributed by atoms with Crippen LogP contribution in [0, 0.1) is 11.8 Å². The van der Waals surface area contributed by atoms with Crippen LogP contribution in [0.5, 0.6) is 0 Å². The summed E-state index contributed by atoms with van der Waals surface area (Å²) in [7, 11) is 4.33. The van der Waals surface area contributed by atoms with Gasteiger partial charge in [0, 0.05) is 6.54 Å². The standard InChI is InChI=1S/C17H31N/c1-7-13(3)16-10-9-15(11-12-18(5)6)17(16)14(4)8-2/h9,13-14H,7-8,10-12H2,1-6H3. The molecule has 0 aromatic carbocycles. The largest absolute Gasteiger partial charge is 0.309 e. The van der Waals surface area contributed by atoms with E-state index < -0.39 is 0 Å². The summed E-state index contributed by atoms with van der Waals surface area (Å²) in [5.41, 5.74) is 5.06. The zero-order valence-corrected chi connectivity index (χ0v) is 13.2. The summed E-state index contributed by atoms with van der Waals surface area (Å²) in [5.74, 6) is 1.48. The first kappa shape index (κ1) is 15.5. The SMILES string of the molecule is CCC(C)C1=C(C(C)CC)C(CCN(C)C)=CC1. The molecule has 18 heavy (non-hydrogen) atoms. The Morgan fingerprint density at radius 1 is 1.11 bits per heavy atom. The van der Waals surface area contributed by atoms with Gasteiger partial charge >= 0.3 is 0 Å². The molecule has 2 atom stereocenters. The Hall–Kier alpha value is -0.560. The van der Waals surface area contributed by atoms with Gasteiger partial charge in [-0.2, -0.15) is 0 Å². The van der Waals surface area contributed by atoms with Crippen molar-refractivity contribution in [2.24, 2.45) is 11.8 Å². The first-order valence-electron chi connectivity index (χ1n) is 7.58. The van der Waals surface area contributed by atoms with E-state index in [0.29, 0.717) is 0 Å². The molecule has 0 saturated heterocycles. The fourth-order valence-electron chi connectivity index (χ4n) is 2.79. The highest BCUT2D eigenvalue weighted by Gasteiger charge is 2.23. The third kappa shape index (κ3) is 3.71. The average molecular weight is 249 g/mol. The molecule has 1 aliphatic carbocycles. The molecular formula is C17H31N. The van der Waals surface area contributed by atoms with Crippen LogP contribution in [0.15, 0.2) is 22.8 Å². The first-order chi connectivity index (χ1) is 8.51. The van der Waals surface area contributed by atoms with Crippen molar-refractivity contribution in [3.63, 3.8) is 0 Å². The van der Waals surface area contributed by atoms with Gasteiger partial charge in [-0.3, -0.25) is 0 Å². The normalized spacial score (nSPS) is 19.4. The predicted molar refractivity (Wildman–Crippen MR) is 81.8 cm³/mol. The summed E-state index contributed by atoms with van der Waals surface area (Å²) in [5, 5.41) is 0. The van der Waals surface area contributed by atoms with Gasteiger partial charge in [-0.15, -0.1) is 0 Å². The van der Waals surface area contributed by atoms with Crippen molar-refractivity contribution >= 4 is 0 Å². The first-order valence-corrected chi connectivity index (χ1v) is 7.58. The second kappa shape index (κ2) is 7.13. The monoisotopic (exact) mass is 249 g/mol. The fraction of sp³-hybridized carbons (Fsp3) is 0.765. The lowest BCUT2D eigenvalue weighted by molar-refractivity contribution is 0.412. The maximum atomic E-state index is 2.49. The Morgan fingerprint density at radius 3 is 2.22 bits per heavy atom. The summed E-state index contributed by atoms with van der Waals surface area (Å²) < 4.78 is 0. The Kier molecular flexibility index (Phi) is 6.14. The van der Waals surface area contributed by atoms with Crippen molar-refractivity contribution in [1.29, 1.82) is 0 Å². The molecule has 0 aromatic heterocycles. The fourth-order valence-corrected chi connectivity index (χ4v) is 2.79. The van der Waals surface area contributed by atoms with Gasteiger partial charge in [0.25, 0.3) is 0 Å². The zero-order chi connectivity index (χ0) is 13.7. The van der Waals surface area contributed by atoms with Crippen LogP contribution in [-0.4, -0.2) is 25.5 Å². The number of hydrogen-bond acceptors (Lipinski definition) is 1. The number of hydrogen-bond donors (Lipinski definition) is 0. The van der Waals surface area contributed by atoms with Crippen LogP contribution in [-0.2, 0) is 0 Å². The van der Waals surface area contributed by atoms with Crippen molar-refractivity contribution < 1.29 is 0 Å². The van der Waals surface area contributed by atoms with Crippen LogP contribution in [0.1, 0.15) is 53.4 Å². The van der Waals surface area contributed by atoms with E-state index in [1.807, 2.05) is 0 Å². The van der Waals surface area contributed by atoms with E-state index in [2.05, 4.69) is 52.8 Å². The van der Waals surface area contributed by atoms with Gasteiger partial charge in [-0.1, -0.05) is 39.3 Å². The molecule has 1 rings (SSSR count). The summed E-state index contributed by atoms with van der Waals surface area (Å²) in [4.78, 5) is 2.29. The zero-order valence-electron chi connectivity index (χ0n) is 13.2. The Morgan fingerprint density at radius 2 is 1.72 bits per heavy atom. The number of rotatable bonds is 7. The van der Waals surface area contributed by atoms with Crippen LogP contribution >= 0.6 is 0 Å². The van der Waals surface area contributed by atoms with Gasteiger partial charge in [-0.25, -0.2) is 0 Å². The molecule has 1 aliphatic rings. The van der Waals surface area contributed by atoms with Gasteiger partial charge in [0.15, 0.2) is 0 Å². The molecule has 2 unspecified atom stereocenters. The molecule has 0 radical (unpaired) electrons. The van der Waals surface area contributed by atoms with Crippen LogP contribution < -0.4 is 0 Å². The van der Waals surface area contributed by atoms with Crippen molar-refractivity contribution in [2.45, 2.75) is 53.4 Å². The predicted octanol–water partition coefficient (Wildman–Crippen LogP) is 4.66. The van der Waals surface area contributed by atoms with Crippen molar-refractivity contribution in [2.75, 3.05) is 20.6 Å². The van der Waals surface area contributed by atoms with Crippen LogP contribution in [0.2, 0.25) is 0 Å². The maximum absolute atomic E-state index is 2.49. The third-order valence-corrected chi connectivity index (χ3v) is 4.40. The molecule has 0 heterocycles. The maximum Gasteiger partial charge on any atom is 0.00157 e. The average Bonchev–Trinajstić information content (AvgIpc) is 2.78. The van der Waals surface area contributed by atoms with Crippen LogP contribution in [0.4, 0.5) is 0 Å². The van der Waals surface area contributed by atoms with Crippen molar-refractivity contribution in [3.05, 3.63) is 22.8 Å². The highest BCUT2D eigenvalue weighted by atomic mass is 15.0. The van der Waals surface area contributed by atoms with Gasteiger partial charge in [-0.05, 0) is 62.8 Å². The molecule has 0 bridgehead atoms. The Balaban J connectivity index is 2.88. The topological polar surface area (TPSA) is 3.24 Å². The van der Waals surface area contributed by atoms with E-state index in [4.69, 9.17) is 0 Å². The van der Waals surface area contributed by atoms with Crippen molar-refractivity contribution in [3.8, 4) is 0 Å². The molecule has 0 spiro atoms. The second-order valence-electron chi connectivity index (χ2n) is 6.04. The van der Waals surface area contributed by atoms with E-state index in [1.54, 1.807) is 16.7 Å². The minimum Gasteiger partial charge on any atom is -0.309 e. The molecule has 0 aromatic rings. The lowest BCUT2D eigenvalue weighted by Crippen LogP contribution is -2.15. The minimum absolute atomic E-state index is 0.727. The van der Waals surface area contributed by atoms with E-state index in [0.717, 1.165) is 11.8 Å². The van der Waals surface area contributed by atoms with Crippen molar-refractivity contribution in [1.82, 2.24) is 4.90 Å². The molecule has 104 valence electrons. The lowest BCUT2D eigenvalue weighted by Gasteiger charge is -2.22. The molecule has 0 amide bonds.